The quantitative estimate of drug-likeness (QED) is 0.683. The maximum Gasteiger partial charge on any atom is 0.161 e. The van der Waals surface area contributed by atoms with Gasteiger partial charge in [0.1, 0.15) is 0 Å². The van der Waals surface area contributed by atoms with E-state index in [0.29, 0.717) is 10.8 Å². The van der Waals surface area contributed by atoms with Crippen LogP contribution in [0.3, 0.4) is 0 Å². The van der Waals surface area contributed by atoms with Crippen LogP contribution in [0, 0.1) is 0 Å². The molecule has 2 rings (SSSR count). The average molecular weight is 263 g/mol. The lowest BCUT2D eigenvalue weighted by atomic mass is 10.0. The Balaban J connectivity index is 2.49. The molecule has 0 fully saturated rings. The van der Waals surface area contributed by atoms with Crippen molar-refractivity contribution < 1.29 is 0 Å². The van der Waals surface area contributed by atoms with Crippen LogP contribution in [0.15, 0.2) is 30.7 Å². The number of pyridine rings is 2. The molecule has 94 valence electrons. The van der Waals surface area contributed by atoms with Gasteiger partial charge in [-0.05, 0) is 29.7 Å². The fourth-order valence-electron chi connectivity index (χ4n) is 1.83. The molecule has 0 radical (unpaired) electrons. The Morgan fingerprint density at radius 1 is 1.39 bits per heavy atom. The summed E-state index contributed by atoms with van der Waals surface area (Å²) in [5.74, 6) is 6.20. The van der Waals surface area contributed by atoms with E-state index in [1.165, 1.54) is 10.6 Å². The van der Waals surface area contributed by atoms with E-state index in [-0.39, 0.29) is 0 Å². The van der Waals surface area contributed by atoms with Crippen LogP contribution in [0.2, 0.25) is 5.02 Å². The van der Waals surface area contributed by atoms with Crippen LogP contribution in [-0.4, -0.2) is 17.0 Å². The van der Waals surface area contributed by atoms with E-state index < -0.39 is 0 Å². The molecule has 2 aromatic rings. The van der Waals surface area contributed by atoms with E-state index in [2.05, 4.69) is 16.9 Å². The Kier molecular flexibility index (Phi) is 3.79. The largest absolute Gasteiger partial charge is 0.297 e. The molecule has 18 heavy (non-hydrogen) atoms. The highest BCUT2D eigenvalue weighted by molar-refractivity contribution is 6.33. The molecular formula is C13H15ClN4. The van der Waals surface area contributed by atoms with E-state index in [9.17, 15) is 0 Å². The Labute approximate surface area is 111 Å². The number of hydrazine groups is 1. The molecule has 0 saturated heterocycles. The zero-order chi connectivity index (χ0) is 13.1. The molecule has 0 saturated carbocycles. The highest BCUT2D eigenvalue weighted by Crippen LogP contribution is 2.29. The molecule has 0 aromatic carbocycles. The third-order valence-electron chi connectivity index (χ3n) is 2.75. The van der Waals surface area contributed by atoms with Crippen LogP contribution in [0.4, 0.5) is 5.82 Å². The Bertz CT molecular complexity index is 554. The molecule has 2 heterocycles. The van der Waals surface area contributed by atoms with Gasteiger partial charge in [0.15, 0.2) is 5.82 Å². The summed E-state index contributed by atoms with van der Waals surface area (Å²) in [4.78, 5) is 8.41. The molecule has 0 bridgehead atoms. The van der Waals surface area contributed by atoms with Crippen molar-refractivity contribution in [2.75, 3.05) is 12.1 Å². The lowest BCUT2D eigenvalue weighted by Crippen LogP contribution is -2.26. The molecule has 0 aliphatic rings. The topological polar surface area (TPSA) is 55.0 Å². The lowest BCUT2D eigenvalue weighted by Gasteiger charge is -2.14. The monoisotopic (exact) mass is 262 g/mol. The van der Waals surface area contributed by atoms with Crippen LogP contribution in [-0.2, 0) is 6.42 Å². The number of rotatable bonds is 3. The van der Waals surface area contributed by atoms with Gasteiger partial charge in [0.25, 0.3) is 0 Å². The van der Waals surface area contributed by atoms with Crippen LogP contribution >= 0.6 is 11.6 Å². The maximum atomic E-state index is 6.17. The van der Waals surface area contributed by atoms with Crippen LogP contribution in [0.1, 0.15) is 12.5 Å². The summed E-state index contributed by atoms with van der Waals surface area (Å²) in [6.45, 7) is 2.09. The second-order valence-corrected chi connectivity index (χ2v) is 4.43. The minimum absolute atomic E-state index is 0.538. The minimum atomic E-state index is 0.538. The van der Waals surface area contributed by atoms with Gasteiger partial charge in [-0.2, -0.15) is 0 Å². The van der Waals surface area contributed by atoms with Gasteiger partial charge >= 0.3 is 0 Å². The third kappa shape index (κ3) is 2.44. The highest BCUT2D eigenvalue weighted by Gasteiger charge is 2.09. The molecule has 0 aliphatic carbocycles. The average Bonchev–Trinajstić information content (AvgIpc) is 2.38. The van der Waals surface area contributed by atoms with Gasteiger partial charge in [0.05, 0.1) is 5.02 Å². The molecule has 4 nitrogen and oxygen atoms in total. The van der Waals surface area contributed by atoms with Crippen molar-refractivity contribution in [3.63, 3.8) is 0 Å². The first kappa shape index (κ1) is 12.8. The van der Waals surface area contributed by atoms with E-state index in [1.807, 2.05) is 18.3 Å². The Morgan fingerprint density at radius 3 is 2.78 bits per heavy atom. The zero-order valence-corrected chi connectivity index (χ0v) is 11.1. The molecular weight excluding hydrogens is 248 g/mol. The molecule has 2 N–H and O–H groups in total. The number of halogens is 1. The molecule has 5 heteroatoms. The van der Waals surface area contributed by atoms with Crippen molar-refractivity contribution in [2.45, 2.75) is 13.3 Å². The van der Waals surface area contributed by atoms with Gasteiger partial charge in [0, 0.05) is 31.2 Å². The first-order chi connectivity index (χ1) is 8.63. The highest BCUT2D eigenvalue weighted by atomic mass is 35.5. The summed E-state index contributed by atoms with van der Waals surface area (Å²) < 4.78 is 0. The lowest BCUT2D eigenvalue weighted by molar-refractivity contribution is 0.978. The Hall–Kier alpha value is -1.65. The normalized spacial score (nSPS) is 10.4. The fourth-order valence-corrected chi connectivity index (χ4v) is 2.13. The van der Waals surface area contributed by atoms with E-state index in [0.717, 1.165) is 17.5 Å². The number of nitrogens with two attached hydrogens (primary N) is 1. The number of anilines is 1. The van der Waals surface area contributed by atoms with Gasteiger partial charge in [-0.1, -0.05) is 18.5 Å². The van der Waals surface area contributed by atoms with Crippen LogP contribution in [0.5, 0.6) is 0 Å². The van der Waals surface area contributed by atoms with E-state index in [4.69, 9.17) is 17.4 Å². The predicted molar refractivity (Wildman–Crippen MR) is 74.4 cm³/mol. The molecule has 2 aromatic heterocycles. The van der Waals surface area contributed by atoms with Gasteiger partial charge in [-0.15, -0.1) is 0 Å². The number of hydrogen-bond donors (Lipinski definition) is 1. The van der Waals surface area contributed by atoms with Crippen molar-refractivity contribution >= 4 is 17.4 Å². The smallest absolute Gasteiger partial charge is 0.161 e. The van der Waals surface area contributed by atoms with Crippen LogP contribution < -0.4 is 10.9 Å². The minimum Gasteiger partial charge on any atom is -0.297 e. The number of hydrogen-bond acceptors (Lipinski definition) is 4. The van der Waals surface area contributed by atoms with Crippen molar-refractivity contribution in [3.8, 4) is 11.1 Å². The first-order valence-corrected chi connectivity index (χ1v) is 6.08. The fraction of sp³-hybridized carbons (Fsp3) is 0.231. The van der Waals surface area contributed by atoms with Gasteiger partial charge in [-0.25, -0.2) is 10.8 Å². The van der Waals surface area contributed by atoms with E-state index >= 15 is 0 Å². The standard InChI is InChI=1S/C13H15ClN4/c1-3-9-7-16-5-4-11(9)10-6-12(14)13(17-8-10)18(2)15/h4-8H,3,15H2,1-2H3. The third-order valence-corrected chi connectivity index (χ3v) is 3.03. The SMILES string of the molecule is CCc1cnccc1-c1cnc(N(C)N)c(Cl)c1. The van der Waals surface area contributed by atoms with Crippen molar-refractivity contribution in [1.29, 1.82) is 0 Å². The molecule has 0 spiro atoms. The first-order valence-electron chi connectivity index (χ1n) is 5.70. The summed E-state index contributed by atoms with van der Waals surface area (Å²) in [6.07, 6.45) is 6.33. The summed E-state index contributed by atoms with van der Waals surface area (Å²) in [5.41, 5.74) is 3.25. The predicted octanol–water partition coefficient (Wildman–Crippen LogP) is 2.67. The van der Waals surface area contributed by atoms with E-state index in [1.54, 1.807) is 19.4 Å². The molecule has 0 unspecified atom stereocenters. The van der Waals surface area contributed by atoms with Crippen molar-refractivity contribution in [2.24, 2.45) is 5.84 Å². The molecule has 0 atom stereocenters. The summed E-state index contributed by atoms with van der Waals surface area (Å²) in [5, 5.41) is 1.94. The molecule has 0 amide bonds. The second-order valence-electron chi connectivity index (χ2n) is 4.03. The number of aryl methyl sites for hydroxylation is 1. The zero-order valence-electron chi connectivity index (χ0n) is 10.4. The summed E-state index contributed by atoms with van der Waals surface area (Å²) in [6, 6.07) is 3.85. The van der Waals surface area contributed by atoms with Gasteiger partial charge < -0.3 is 0 Å². The number of nitrogens with zero attached hydrogens (tertiary/aromatic N) is 3. The molecule has 0 aliphatic heterocycles. The Morgan fingerprint density at radius 2 is 2.17 bits per heavy atom. The maximum absolute atomic E-state index is 6.17. The second kappa shape index (κ2) is 5.33. The van der Waals surface area contributed by atoms with Gasteiger partial charge in [-0.3, -0.25) is 9.99 Å². The number of aromatic nitrogens is 2. The van der Waals surface area contributed by atoms with Crippen LogP contribution in [0.25, 0.3) is 11.1 Å². The summed E-state index contributed by atoms with van der Waals surface area (Å²) in [7, 11) is 1.71. The summed E-state index contributed by atoms with van der Waals surface area (Å²) >= 11 is 6.17. The van der Waals surface area contributed by atoms with Crippen molar-refractivity contribution in [3.05, 3.63) is 41.3 Å². The van der Waals surface area contributed by atoms with Crippen molar-refractivity contribution in [1.82, 2.24) is 9.97 Å². The van der Waals surface area contributed by atoms with Gasteiger partial charge in [0.2, 0.25) is 0 Å².